The lowest BCUT2D eigenvalue weighted by Crippen LogP contribution is -2.38. The van der Waals surface area contributed by atoms with Gasteiger partial charge in [0.15, 0.2) is 0 Å². The fraction of sp³-hybridized carbons (Fsp3) is 0.636. The summed E-state index contributed by atoms with van der Waals surface area (Å²) in [6.45, 7) is 5.25. The van der Waals surface area contributed by atoms with E-state index in [0.29, 0.717) is 0 Å². The monoisotopic (exact) mass is 292 g/mol. The molecule has 0 aliphatic carbocycles. The third-order valence-corrected chi connectivity index (χ3v) is 3.10. The number of halogens is 2. The molecule has 1 N–H and O–H groups in total. The zero-order chi connectivity index (χ0) is 10.8. The minimum absolute atomic E-state index is 0. The van der Waals surface area contributed by atoms with Crippen molar-refractivity contribution in [2.75, 3.05) is 37.7 Å². The number of aromatic nitrogens is 2. The molecule has 18 heavy (non-hydrogen) atoms. The first-order valence-electron chi connectivity index (χ1n) is 5.82. The van der Waals surface area contributed by atoms with Crippen LogP contribution in [0.15, 0.2) is 6.20 Å². The Morgan fingerprint density at radius 3 is 2.78 bits per heavy atom. The van der Waals surface area contributed by atoms with Gasteiger partial charge in [0, 0.05) is 25.8 Å². The van der Waals surface area contributed by atoms with E-state index in [2.05, 4.69) is 20.2 Å². The van der Waals surface area contributed by atoms with Gasteiger partial charge in [0.1, 0.15) is 0 Å². The summed E-state index contributed by atoms with van der Waals surface area (Å²) < 4.78 is 5.32. The van der Waals surface area contributed by atoms with Gasteiger partial charge in [-0.3, -0.25) is 0 Å². The van der Waals surface area contributed by atoms with E-state index in [1.807, 2.05) is 6.20 Å². The highest BCUT2D eigenvalue weighted by molar-refractivity contribution is 5.85. The predicted octanol–water partition coefficient (Wildman–Crippen LogP) is 0.802. The first kappa shape index (κ1) is 15.4. The van der Waals surface area contributed by atoms with Crippen LogP contribution in [0.4, 0.5) is 5.95 Å². The lowest BCUT2D eigenvalue weighted by molar-refractivity contribution is 0.122. The highest BCUT2D eigenvalue weighted by Crippen LogP contribution is 2.15. The van der Waals surface area contributed by atoms with Gasteiger partial charge in [-0.15, -0.1) is 24.8 Å². The standard InChI is InChI=1S/C11H16N4O.2ClH/c1-2-12-8-10-9(1)7-13-11(14-10)15-3-5-16-6-4-15;;/h7,12H,1-6,8H2;2*1H. The smallest absolute Gasteiger partial charge is 0.225 e. The van der Waals surface area contributed by atoms with Gasteiger partial charge < -0.3 is 15.0 Å². The van der Waals surface area contributed by atoms with Crippen LogP contribution in [0.1, 0.15) is 11.3 Å². The number of rotatable bonds is 1. The Morgan fingerprint density at radius 1 is 1.22 bits per heavy atom. The molecule has 0 aromatic carbocycles. The maximum absolute atomic E-state index is 5.32. The number of ether oxygens (including phenoxy) is 1. The normalized spacial score (nSPS) is 18.3. The molecule has 0 atom stereocenters. The van der Waals surface area contributed by atoms with Crippen molar-refractivity contribution in [2.45, 2.75) is 13.0 Å². The zero-order valence-corrected chi connectivity index (χ0v) is 11.7. The first-order chi connectivity index (χ1) is 7.93. The second-order valence-corrected chi connectivity index (χ2v) is 4.17. The summed E-state index contributed by atoms with van der Waals surface area (Å²) in [6, 6.07) is 0. The van der Waals surface area contributed by atoms with Gasteiger partial charge in [0.2, 0.25) is 5.95 Å². The van der Waals surface area contributed by atoms with Crippen LogP contribution in [-0.4, -0.2) is 42.8 Å². The van der Waals surface area contributed by atoms with Crippen molar-refractivity contribution in [3.8, 4) is 0 Å². The van der Waals surface area contributed by atoms with E-state index in [1.54, 1.807) is 0 Å². The summed E-state index contributed by atoms with van der Waals surface area (Å²) in [5.41, 5.74) is 2.44. The molecule has 5 nitrogen and oxygen atoms in total. The van der Waals surface area contributed by atoms with Gasteiger partial charge in [-0.05, 0) is 18.5 Å². The van der Waals surface area contributed by atoms with Gasteiger partial charge in [0.05, 0.1) is 18.9 Å². The Hall–Kier alpha value is -0.620. The topological polar surface area (TPSA) is 50.3 Å². The number of anilines is 1. The Labute approximate surface area is 119 Å². The Bertz CT molecular complexity index is 385. The highest BCUT2D eigenvalue weighted by atomic mass is 35.5. The minimum Gasteiger partial charge on any atom is -0.378 e. The van der Waals surface area contributed by atoms with Crippen LogP contribution in [0, 0.1) is 0 Å². The van der Waals surface area contributed by atoms with Crippen molar-refractivity contribution in [2.24, 2.45) is 0 Å². The molecular weight excluding hydrogens is 275 g/mol. The summed E-state index contributed by atoms with van der Waals surface area (Å²) in [5.74, 6) is 0.853. The molecule has 0 saturated carbocycles. The third-order valence-electron chi connectivity index (χ3n) is 3.10. The van der Waals surface area contributed by atoms with E-state index in [-0.39, 0.29) is 24.8 Å². The largest absolute Gasteiger partial charge is 0.378 e. The molecule has 2 aliphatic heterocycles. The van der Waals surface area contributed by atoms with E-state index in [9.17, 15) is 0 Å². The van der Waals surface area contributed by atoms with E-state index in [4.69, 9.17) is 4.74 Å². The summed E-state index contributed by atoms with van der Waals surface area (Å²) >= 11 is 0. The SMILES string of the molecule is Cl.Cl.c1nc(N2CCOCC2)nc2c1CCNC2. The zero-order valence-electron chi connectivity index (χ0n) is 10.1. The average Bonchev–Trinajstić information content (AvgIpc) is 2.39. The first-order valence-corrected chi connectivity index (χ1v) is 5.82. The maximum Gasteiger partial charge on any atom is 0.225 e. The fourth-order valence-corrected chi connectivity index (χ4v) is 2.14. The maximum atomic E-state index is 5.32. The van der Waals surface area contributed by atoms with Crippen LogP contribution in [0.5, 0.6) is 0 Å². The van der Waals surface area contributed by atoms with E-state index in [1.165, 1.54) is 5.56 Å². The Morgan fingerprint density at radius 2 is 2.00 bits per heavy atom. The second-order valence-electron chi connectivity index (χ2n) is 4.17. The second kappa shape index (κ2) is 7.09. The van der Waals surface area contributed by atoms with Crippen LogP contribution in [0.3, 0.4) is 0 Å². The lowest BCUT2D eigenvalue weighted by atomic mass is 10.1. The van der Waals surface area contributed by atoms with Crippen LogP contribution in [0.2, 0.25) is 0 Å². The molecule has 0 spiro atoms. The van der Waals surface area contributed by atoms with Gasteiger partial charge in [-0.25, -0.2) is 9.97 Å². The van der Waals surface area contributed by atoms with Gasteiger partial charge in [0.25, 0.3) is 0 Å². The van der Waals surface area contributed by atoms with Crippen LogP contribution >= 0.6 is 24.8 Å². The molecule has 1 aromatic rings. The molecule has 1 aromatic heterocycles. The number of hydrogen-bond acceptors (Lipinski definition) is 5. The molecule has 2 aliphatic rings. The predicted molar refractivity (Wildman–Crippen MR) is 75.0 cm³/mol. The number of morpholine rings is 1. The van der Waals surface area contributed by atoms with E-state index < -0.39 is 0 Å². The molecule has 0 radical (unpaired) electrons. The lowest BCUT2D eigenvalue weighted by Gasteiger charge is -2.27. The molecule has 3 rings (SSSR count). The van der Waals surface area contributed by atoms with Crippen LogP contribution < -0.4 is 10.2 Å². The summed E-state index contributed by atoms with van der Waals surface area (Å²) in [6.07, 6.45) is 3.02. The van der Waals surface area contributed by atoms with Crippen molar-refractivity contribution in [1.29, 1.82) is 0 Å². The summed E-state index contributed by atoms with van der Waals surface area (Å²) in [7, 11) is 0. The highest BCUT2D eigenvalue weighted by Gasteiger charge is 2.17. The van der Waals surface area contributed by atoms with Gasteiger partial charge in [-0.2, -0.15) is 0 Å². The Balaban J connectivity index is 0.000000810. The van der Waals surface area contributed by atoms with E-state index in [0.717, 1.165) is 57.5 Å². The quantitative estimate of drug-likeness (QED) is 0.830. The molecule has 0 bridgehead atoms. The average molecular weight is 293 g/mol. The van der Waals surface area contributed by atoms with Gasteiger partial charge in [-0.1, -0.05) is 0 Å². The van der Waals surface area contributed by atoms with Crippen molar-refractivity contribution in [1.82, 2.24) is 15.3 Å². The van der Waals surface area contributed by atoms with Crippen molar-refractivity contribution >= 4 is 30.8 Å². The fourth-order valence-electron chi connectivity index (χ4n) is 2.14. The number of hydrogen-bond donors (Lipinski definition) is 1. The minimum atomic E-state index is 0. The van der Waals surface area contributed by atoms with E-state index >= 15 is 0 Å². The molecule has 0 amide bonds. The summed E-state index contributed by atoms with van der Waals surface area (Å²) in [4.78, 5) is 11.3. The molecule has 1 fully saturated rings. The molecule has 3 heterocycles. The third kappa shape index (κ3) is 3.23. The van der Waals surface area contributed by atoms with Crippen molar-refractivity contribution < 1.29 is 4.74 Å². The van der Waals surface area contributed by atoms with Crippen molar-refractivity contribution in [3.63, 3.8) is 0 Å². The Kier molecular flexibility index (Phi) is 6.08. The molecule has 7 heteroatoms. The van der Waals surface area contributed by atoms with Crippen LogP contribution in [-0.2, 0) is 17.7 Å². The van der Waals surface area contributed by atoms with Gasteiger partial charge >= 0.3 is 0 Å². The number of nitrogens with zero attached hydrogens (tertiary/aromatic N) is 3. The number of fused-ring (bicyclic) bond motifs is 1. The molecule has 0 unspecified atom stereocenters. The molecule has 102 valence electrons. The van der Waals surface area contributed by atoms with Crippen LogP contribution in [0.25, 0.3) is 0 Å². The molecule has 1 saturated heterocycles. The molecular formula is C11H18Cl2N4O. The number of nitrogens with one attached hydrogen (secondary N) is 1. The summed E-state index contributed by atoms with van der Waals surface area (Å²) in [5, 5.41) is 3.34. The van der Waals surface area contributed by atoms with Crippen molar-refractivity contribution in [3.05, 3.63) is 17.5 Å².